The van der Waals surface area contributed by atoms with Gasteiger partial charge in [0, 0.05) is 60.3 Å². The van der Waals surface area contributed by atoms with E-state index in [-0.39, 0.29) is 22.1 Å². The lowest BCUT2D eigenvalue weighted by molar-refractivity contribution is -0.139. The van der Waals surface area contributed by atoms with E-state index < -0.39 is 33.9 Å². The number of amides is 2. The molecule has 2 aliphatic rings. The Morgan fingerprint density at radius 2 is 1.70 bits per heavy atom. The zero-order valence-electron chi connectivity index (χ0n) is 25.9. The van der Waals surface area contributed by atoms with E-state index in [2.05, 4.69) is 4.98 Å². The van der Waals surface area contributed by atoms with Crippen molar-refractivity contribution in [1.29, 1.82) is 0 Å². The molecule has 242 valence electrons. The van der Waals surface area contributed by atoms with Gasteiger partial charge in [-0.3, -0.25) is 4.79 Å². The molecule has 2 atom stereocenters. The summed E-state index contributed by atoms with van der Waals surface area (Å²) in [5.41, 5.74) is 1.59. The molecule has 0 spiro atoms. The molecular formula is C33H35ClN4O7S. The number of aliphatic hydroxyl groups is 1. The van der Waals surface area contributed by atoms with Gasteiger partial charge in [-0.1, -0.05) is 29.8 Å². The smallest absolute Gasteiger partial charge is 0.410 e. The van der Waals surface area contributed by atoms with Crippen LogP contribution in [0.3, 0.4) is 0 Å². The molecule has 2 aromatic heterocycles. The summed E-state index contributed by atoms with van der Waals surface area (Å²) in [6.07, 6.45) is -0.537. The lowest BCUT2D eigenvalue weighted by Gasteiger charge is -2.36. The zero-order valence-corrected chi connectivity index (χ0v) is 27.5. The van der Waals surface area contributed by atoms with Crippen LogP contribution >= 0.6 is 11.6 Å². The molecule has 2 amide bonds. The highest BCUT2D eigenvalue weighted by Crippen LogP contribution is 2.44. The number of halogens is 1. The van der Waals surface area contributed by atoms with Crippen molar-refractivity contribution in [3.05, 3.63) is 77.1 Å². The Balaban J connectivity index is 1.31. The number of hydrogen-bond acceptors (Lipinski definition) is 8. The molecular weight excluding hydrogens is 632 g/mol. The van der Waals surface area contributed by atoms with E-state index in [4.69, 9.17) is 21.1 Å². The molecule has 0 radical (unpaired) electrons. The maximum Gasteiger partial charge on any atom is 0.410 e. The molecule has 1 saturated heterocycles. The van der Waals surface area contributed by atoms with Crippen LogP contribution in [0.5, 0.6) is 5.75 Å². The molecule has 0 saturated carbocycles. The van der Waals surface area contributed by atoms with Crippen molar-refractivity contribution in [3.8, 4) is 16.9 Å². The topological polar surface area (TPSA) is 131 Å². The van der Waals surface area contributed by atoms with Crippen molar-refractivity contribution in [2.75, 3.05) is 26.2 Å². The summed E-state index contributed by atoms with van der Waals surface area (Å²) in [5.74, 6) is 0.276. The average molecular weight is 667 g/mol. The summed E-state index contributed by atoms with van der Waals surface area (Å²) >= 11 is 6.58. The monoisotopic (exact) mass is 666 g/mol. The molecule has 13 heteroatoms. The summed E-state index contributed by atoms with van der Waals surface area (Å²) < 4.78 is 40.5. The number of ether oxygens (including phenoxy) is 2. The quantitative estimate of drug-likeness (QED) is 0.314. The molecule has 1 N–H and O–H groups in total. The minimum atomic E-state index is -4.11. The summed E-state index contributed by atoms with van der Waals surface area (Å²) in [6.45, 7) is 8.32. The Bertz CT molecular complexity index is 1930. The van der Waals surface area contributed by atoms with E-state index in [1.165, 1.54) is 25.3 Å². The maximum absolute atomic E-state index is 13.8. The summed E-state index contributed by atoms with van der Waals surface area (Å²) in [5, 5.41) is 11.6. The fraction of sp³-hybridized carbons (Fsp3) is 0.364. The third kappa shape index (κ3) is 5.92. The second-order valence-electron chi connectivity index (χ2n) is 12.5. The van der Waals surface area contributed by atoms with Crippen LogP contribution in [0.25, 0.3) is 22.2 Å². The predicted molar refractivity (Wildman–Crippen MR) is 172 cm³/mol. The number of carbonyl (C=O) groups is 2. The van der Waals surface area contributed by atoms with Crippen LogP contribution in [0.4, 0.5) is 4.79 Å². The summed E-state index contributed by atoms with van der Waals surface area (Å²) in [6, 6.07) is 14.8. The van der Waals surface area contributed by atoms with E-state index in [0.29, 0.717) is 59.9 Å². The Kier molecular flexibility index (Phi) is 8.24. The van der Waals surface area contributed by atoms with E-state index >= 15 is 0 Å². The number of piperazine rings is 1. The number of rotatable bonds is 5. The molecule has 0 bridgehead atoms. The Labute approximate surface area is 272 Å². The second-order valence-corrected chi connectivity index (χ2v) is 14.7. The van der Waals surface area contributed by atoms with Crippen molar-refractivity contribution < 1.29 is 32.6 Å². The third-order valence-electron chi connectivity index (χ3n) is 8.00. The normalized spacial score (nSPS) is 17.5. The lowest BCUT2D eigenvalue weighted by atomic mass is 9.99. The number of fused-ring (bicyclic) bond motifs is 2. The van der Waals surface area contributed by atoms with E-state index in [1.54, 1.807) is 52.3 Å². The van der Waals surface area contributed by atoms with Crippen LogP contribution in [-0.4, -0.2) is 82.2 Å². The summed E-state index contributed by atoms with van der Waals surface area (Å²) in [4.78, 5) is 33.9. The maximum atomic E-state index is 13.8. The van der Waals surface area contributed by atoms with Crippen LogP contribution in [0.1, 0.15) is 45.1 Å². The zero-order chi connectivity index (χ0) is 33.0. The number of benzene rings is 2. The van der Waals surface area contributed by atoms with Crippen molar-refractivity contribution in [3.63, 3.8) is 0 Å². The van der Waals surface area contributed by atoms with E-state index in [0.717, 1.165) is 9.54 Å². The number of pyridine rings is 1. The highest BCUT2D eigenvalue weighted by Gasteiger charge is 2.37. The van der Waals surface area contributed by atoms with E-state index in [9.17, 15) is 23.1 Å². The SMILES string of the molecule is CC(O)c1cc2c(-c3cc(Cl)cc4c3OC(C(=O)N3CCN(C(=O)OC(C)(C)C)CC3)C4)ccnc2n1S(=O)(=O)c1ccccc1. The largest absolute Gasteiger partial charge is 0.479 e. The van der Waals surface area contributed by atoms with Gasteiger partial charge in [0.2, 0.25) is 0 Å². The molecule has 46 heavy (non-hydrogen) atoms. The van der Waals surface area contributed by atoms with Crippen LogP contribution < -0.4 is 4.74 Å². The first kappa shape index (κ1) is 31.8. The Morgan fingerprint density at radius 1 is 1.02 bits per heavy atom. The molecule has 2 unspecified atom stereocenters. The summed E-state index contributed by atoms with van der Waals surface area (Å²) in [7, 11) is -4.11. The molecule has 4 aromatic rings. The standard InChI is InChI=1S/C33H35ClN4O7S/c1-20(39)27-19-26-24(10-11-35-30(26)38(27)46(42,43)23-8-6-5-7-9-23)25-18-22(34)16-21-17-28(44-29(21)25)31(40)36-12-14-37(15-13-36)32(41)45-33(2,3)4/h5-11,16,18-20,28,39H,12-15,17H2,1-4H3. The van der Waals surface area contributed by atoms with Gasteiger partial charge in [-0.15, -0.1) is 0 Å². The van der Waals surface area contributed by atoms with Gasteiger partial charge in [-0.2, -0.15) is 0 Å². The van der Waals surface area contributed by atoms with Crippen LogP contribution in [-0.2, 0) is 26.0 Å². The minimum Gasteiger partial charge on any atom is -0.479 e. The van der Waals surface area contributed by atoms with Gasteiger partial charge in [-0.25, -0.2) is 22.2 Å². The fourth-order valence-electron chi connectivity index (χ4n) is 5.87. The molecule has 11 nitrogen and oxygen atoms in total. The number of hydrogen-bond donors (Lipinski definition) is 1. The van der Waals surface area contributed by atoms with Gasteiger partial charge < -0.3 is 24.4 Å². The number of nitrogens with zero attached hydrogens (tertiary/aromatic N) is 4. The minimum absolute atomic E-state index is 0.0573. The van der Waals surface area contributed by atoms with Crippen molar-refractivity contribution in [2.24, 2.45) is 0 Å². The number of aromatic nitrogens is 2. The van der Waals surface area contributed by atoms with Crippen molar-refractivity contribution in [2.45, 2.75) is 56.8 Å². The third-order valence-corrected chi connectivity index (χ3v) is 9.95. The van der Waals surface area contributed by atoms with Gasteiger partial charge in [0.25, 0.3) is 15.9 Å². The predicted octanol–water partition coefficient (Wildman–Crippen LogP) is 5.03. The van der Waals surface area contributed by atoms with E-state index in [1.807, 2.05) is 20.8 Å². The fourth-order valence-corrected chi connectivity index (χ4v) is 7.68. The Morgan fingerprint density at radius 3 is 2.35 bits per heavy atom. The molecule has 6 rings (SSSR count). The first-order valence-electron chi connectivity index (χ1n) is 15.0. The van der Waals surface area contributed by atoms with Crippen LogP contribution in [0.2, 0.25) is 5.02 Å². The molecule has 1 fully saturated rings. The molecule has 2 aromatic carbocycles. The first-order valence-corrected chi connectivity index (χ1v) is 16.8. The van der Waals surface area contributed by atoms with Crippen molar-refractivity contribution >= 4 is 44.7 Å². The second kappa shape index (κ2) is 11.9. The van der Waals surface area contributed by atoms with Gasteiger partial charge >= 0.3 is 6.09 Å². The van der Waals surface area contributed by atoms with Crippen LogP contribution in [0.15, 0.2) is 65.7 Å². The van der Waals surface area contributed by atoms with Gasteiger partial charge in [0.05, 0.1) is 16.7 Å². The highest BCUT2D eigenvalue weighted by atomic mass is 35.5. The van der Waals surface area contributed by atoms with Crippen LogP contribution in [0, 0.1) is 0 Å². The first-order chi connectivity index (χ1) is 21.7. The highest BCUT2D eigenvalue weighted by molar-refractivity contribution is 7.90. The van der Waals surface area contributed by atoms with Crippen molar-refractivity contribution in [1.82, 2.24) is 18.8 Å². The molecule has 0 aliphatic carbocycles. The number of aliphatic hydroxyl groups excluding tert-OH is 1. The lowest BCUT2D eigenvalue weighted by Crippen LogP contribution is -2.54. The molecule has 2 aliphatic heterocycles. The average Bonchev–Trinajstić information content (AvgIpc) is 3.63. The van der Waals surface area contributed by atoms with Gasteiger partial charge in [0.1, 0.15) is 11.4 Å². The molecule has 4 heterocycles. The Hall–Kier alpha value is -4.13. The van der Waals surface area contributed by atoms with Gasteiger partial charge in [0.15, 0.2) is 11.8 Å². The number of carbonyl (C=O) groups excluding carboxylic acids is 2. The van der Waals surface area contributed by atoms with Gasteiger partial charge in [-0.05, 0) is 69.7 Å².